The third-order valence-corrected chi connectivity index (χ3v) is 9.28. The summed E-state index contributed by atoms with van der Waals surface area (Å²) in [5.41, 5.74) is 2.29. The van der Waals surface area contributed by atoms with Crippen molar-refractivity contribution in [2.24, 2.45) is 5.41 Å². The average molecular weight is 547 g/mol. The fraction of sp³-hybridized carbons (Fsp3) is 0.286. The number of aromatic nitrogens is 5. The van der Waals surface area contributed by atoms with Crippen molar-refractivity contribution in [3.8, 4) is 5.69 Å². The first-order valence-corrected chi connectivity index (χ1v) is 14.3. The molecule has 1 aliphatic carbocycles. The Labute approximate surface area is 225 Å². The summed E-state index contributed by atoms with van der Waals surface area (Å²) in [5, 5.41) is 8.74. The van der Waals surface area contributed by atoms with Crippen molar-refractivity contribution in [2.45, 2.75) is 37.6 Å². The first kappa shape index (κ1) is 25.3. The lowest BCUT2D eigenvalue weighted by atomic mass is 9.65. The number of hydrogen-bond donors (Lipinski definition) is 0. The van der Waals surface area contributed by atoms with Gasteiger partial charge in [0, 0.05) is 32.0 Å². The molecule has 0 amide bonds. The molecule has 11 heteroatoms. The molecular formula is C28H27FN6O3S. The number of aryl methyl sites for hydroxylation is 1. The smallest absolute Gasteiger partial charge is 0.246 e. The van der Waals surface area contributed by atoms with Gasteiger partial charge in [-0.2, -0.15) is 14.5 Å². The van der Waals surface area contributed by atoms with Crippen molar-refractivity contribution in [3.05, 3.63) is 95.6 Å². The van der Waals surface area contributed by atoms with Crippen LogP contribution in [0.4, 0.5) is 4.39 Å². The Hall–Kier alpha value is -3.96. The zero-order chi connectivity index (χ0) is 27.2. The Balaban J connectivity index is 1.42. The number of benzene rings is 1. The van der Waals surface area contributed by atoms with Crippen molar-refractivity contribution >= 4 is 21.9 Å². The van der Waals surface area contributed by atoms with E-state index in [9.17, 15) is 17.6 Å². The zero-order valence-electron chi connectivity index (χ0n) is 21.4. The van der Waals surface area contributed by atoms with Gasteiger partial charge in [-0.05, 0) is 67.3 Å². The summed E-state index contributed by atoms with van der Waals surface area (Å²) in [5.74, 6) is -0.567. The molecule has 6 rings (SSSR count). The number of rotatable bonds is 7. The van der Waals surface area contributed by atoms with Crippen LogP contribution in [0.5, 0.6) is 0 Å². The number of hydrogen-bond acceptors (Lipinski definition) is 6. The predicted molar refractivity (Wildman–Crippen MR) is 142 cm³/mol. The number of halogens is 1. The molecule has 4 heterocycles. The van der Waals surface area contributed by atoms with E-state index in [0.717, 1.165) is 23.3 Å². The molecule has 4 aromatic rings. The molecule has 0 unspecified atom stereocenters. The van der Waals surface area contributed by atoms with E-state index in [1.165, 1.54) is 22.6 Å². The van der Waals surface area contributed by atoms with Crippen LogP contribution in [0.15, 0.2) is 77.7 Å². The van der Waals surface area contributed by atoms with Gasteiger partial charge >= 0.3 is 0 Å². The van der Waals surface area contributed by atoms with Crippen molar-refractivity contribution < 1.29 is 17.6 Å². The van der Waals surface area contributed by atoms with Crippen LogP contribution in [0.25, 0.3) is 11.8 Å². The number of piperidine rings is 1. The number of ketones is 1. The molecule has 0 bridgehead atoms. The quantitative estimate of drug-likeness (QED) is 0.326. The molecule has 3 aromatic heterocycles. The van der Waals surface area contributed by atoms with Gasteiger partial charge in [0.25, 0.3) is 0 Å². The van der Waals surface area contributed by atoms with Gasteiger partial charge in [-0.15, -0.1) is 0 Å². The molecule has 0 N–H and O–H groups in total. The van der Waals surface area contributed by atoms with Crippen molar-refractivity contribution in [1.29, 1.82) is 0 Å². The summed E-state index contributed by atoms with van der Waals surface area (Å²) >= 11 is 0. The third kappa shape index (κ3) is 4.31. The first-order chi connectivity index (χ1) is 18.8. The molecule has 0 saturated carbocycles. The Bertz CT molecular complexity index is 1680. The number of nitrogens with zero attached hydrogens (tertiary/aromatic N) is 6. The second-order valence-electron chi connectivity index (χ2n) is 9.94. The van der Waals surface area contributed by atoms with Gasteiger partial charge in [0.05, 0.1) is 29.2 Å². The van der Waals surface area contributed by atoms with E-state index in [2.05, 4.69) is 15.2 Å². The van der Waals surface area contributed by atoms with Gasteiger partial charge < -0.3 is 0 Å². The number of fused-ring (bicyclic) bond motifs is 2. The Morgan fingerprint density at radius 3 is 2.67 bits per heavy atom. The largest absolute Gasteiger partial charge is 0.291 e. The van der Waals surface area contributed by atoms with Gasteiger partial charge in [0.1, 0.15) is 16.4 Å². The summed E-state index contributed by atoms with van der Waals surface area (Å²) in [7, 11) is -3.89. The average Bonchev–Trinajstić information content (AvgIpc) is 3.59. The highest BCUT2D eigenvalue weighted by atomic mass is 32.2. The highest BCUT2D eigenvalue weighted by molar-refractivity contribution is 7.89. The van der Waals surface area contributed by atoms with E-state index in [0.29, 0.717) is 18.7 Å². The maximum Gasteiger partial charge on any atom is 0.246 e. The van der Waals surface area contributed by atoms with Crippen LogP contribution in [0.2, 0.25) is 0 Å². The fourth-order valence-electron chi connectivity index (χ4n) is 5.53. The monoisotopic (exact) mass is 546 g/mol. The molecule has 0 spiro atoms. The normalized spacial score (nSPS) is 19.3. The Kier molecular flexibility index (Phi) is 6.27. The van der Waals surface area contributed by atoms with Gasteiger partial charge in [0.15, 0.2) is 5.78 Å². The molecular weight excluding hydrogens is 519 g/mol. The van der Waals surface area contributed by atoms with Gasteiger partial charge in [-0.1, -0.05) is 18.6 Å². The number of carbonyl (C=O) groups is 1. The summed E-state index contributed by atoms with van der Waals surface area (Å²) < 4.78 is 45.7. The molecule has 1 aliphatic heterocycles. The van der Waals surface area contributed by atoms with Crippen LogP contribution >= 0.6 is 0 Å². The first-order valence-electron chi connectivity index (χ1n) is 12.8. The lowest BCUT2D eigenvalue weighted by molar-refractivity contribution is 0.0770. The van der Waals surface area contributed by atoms with Crippen LogP contribution in [-0.2, 0) is 23.0 Å². The summed E-state index contributed by atoms with van der Waals surface area (Å²) in [6.45, 7) is 2.82. The Morgan fingerprint density at radius 2 is 1.92 bits per heavy atom. The number of Topliss-reactive ketones (excluding diaryl/α,β-unsaturated/α-hetero) is 1. The minimum absolute atomic E-state index is 0.0172. The maximum atomic E-state index is 14.2. The van der Waals surface area contributed by atoms with Crippen LogP contribution < -0.4 is 0 Å². The maximum absolute atomic E-state index is 14.2. The minimum atomic E-state index is -3.89. The van der Waals surface area contributed by atoms with Gasteiger partial charge in [-0.25, -0.2) is 17.5 Å². The topological polar surface area (TPSA) is 103 Å². The number of sulfonamides is 1. The summed E-state index contributed by atoms with van der Waals surface area (Å²) in [6, 6.07) is 11.2. The molecule has 2 aliphatic rings. The van der Waals surface area contributed by atoms with Crippen LogP contribution in [0.3, 0.4) is 0 Å². The molecule has 0 radical (unpaired) electrons. The highest BCUT2D eigenvalue weighted by Crippen LogP contribution is 2.47. The SMILES string of the molecule is CCCn1cc(S(=O)(=O)N2CCC3=Cc4c(cnn4-c4ccc(F)cc4)C[C@]3(C(=O)c3ccccn3)C2)cn1. The molecule has 39 heavy (non-hydrogen) atoms. The minimum Gasteiger partial charge on any atom is -0.291 e. The van der Waals surface area contributed by atoms with Gasteiger partial charge in [0.2, 0.25) is 10.0 Å². The van der Waals surface area contributed by atoms with Crippen molar-refractivity contribution in [3.63, 3.8) is 0 Å². The lowest BCUT2D eigenvalue weighted by Crippen LogP contribution is -2.53. The van der Waals surface area contributed by atoms with E-state index in [4.69, 9.17) is 0 Å². The second kappa shape index (κ2) is 9.65. The van der Waals surface area contributed by atoms with Crippen molar-refractivity contribution in [1.82, 2.24) is 28.9 Å². The Morgan fingerprint density at radius 1 is 1.10 bits per heavy atom. The van der Waals surface area contributed by atoms with Crippen LogP contribution in [0.1, 0.15) is 41.5 Å². The molecule has 1 fully saturated rings. The van der Waals surface area contributed by atoms with Gasteiger partial charge in [-0.3, -0.25) is 14.5 Å². The van der Waals surface area contributed by atoms with Crippen LogP contribution in [0, 0.1) is 11.2 Å². The second-order valence-corrected chi connectivity index (χ2v) is 11.9. The van der Waals surface area contributed by atoms with E-state index in [1.807, 2.05) is 13.0 Å². The zero-order valence-corrected chi connectivity index (χ0v) is 22.2. The standard InChI is InChI=1S/C28H27FN6O3S/c1-2-12-33-18-24(17-31-33)39(37,38)34-13-10-21-14-26-20(16-32-35(26)23-8-6-22(29)7-9-23)15-28(21,19-34)27(36)25-5-3-4-11-30-25/h3-9,11,14,16-18H,2,10,12-13,15,19H2,1H3/t28-/m0/s1. The van der Waals surface area contributed by atoms with Crippen molar-refractivity contribution in [2.75, 3.05) is 13.1 Å². The summed E-state index contributed by atoms with van der Waals surface area (Å²) in [4.78, 5) is 18.6. The summed E-state index contributed by atoms with van der Waals surface area (Å²) in [6.07, 6.45) is 9.59. The fourth-order valence-corrected chi connectivity index (χ4v) is 6.98. The van der Waals surface area contributed by atoms with Crippen LogP contribution in [-0.4, -0.2) is 56.1 Å². The molecule has 1 aromatic carbocycles. The predicted octanol–water partition coefficient (Wildman–Crippen LogP) is 3.92. The number of pyridine rings is 1. The lowest BCUT2D eigenvalue weighted by Gasteiger charge is -2.44. The third-order valence-electron chi connectivity index (χ3n) is 7.48. The molecule has 1 atom stereocenters. The van der Waals surface area contributed by atoms with E-state index >= 15 is 0 Å². The number of carbonyl (C=O) groups excluding carboxylic acids is 1. The van der Waals surface area contributed by atoms with E-state index < -0.39 is 15.4 Å². The highest BCUT2D eigenvalue weighted by Gasteiger charge is 2.51. The molecule has 9 nitrogen and oxygen atoms in total. The molecule has 200 valence electrons. The van der Waals surface area contributed by atoms with E-state index in [1.54, 1.807) is 58.3 Å². The molecule has 1 saturated heterocycles. The van der Waals surface area contributed by atoms with E-state index in [-0.39, 0.29) is 41.7 Å².